The lowest BCUT2D eigenvalue weighted by Crippen LogP contribution is -2.47. The molecule has 154 valence electrons. The van der Waals surface area contributed by atoms with E-state index < -0.39 is 0 Å². The number of ether oxygens (including phenoxy) is 1. The van der Waals surface area contributed by atoms with Crippen molar-refractivity contribution in [1.82, 2.24) is 4.90 Å². The number of hydrogen-bond acceptors (Lipinski definition) is 6. The van der Waals surface area contributed by atoms with Crippen LogP contribution in [-0.2, 0) is 4.79 Å². The number of anilines is 1. The average molecular weight is 422 g/mol. The number of hydrogen-bond donors (Lipinski definition) is 1. The Bertz CT molecular complexity index is 1090. The number of amides is 1. The third-order valence-electron chi connectivity index (χ3n) is 5.76. The molecule has 0 radical (unpaired) electrons. The molecule has 0 spiro atoms. The van der Waals surface area contributed by atoms with Crippen LogP contribution in [0, 0.1) is 25.2 Å². The third-order valence-corrected chi connectivity index (χ3v) is 6.91. The highest BCUT2D eigenvalue weighted by atomic mass is 32.2. The SMILES string of the molecule is COc1cc([C@@H]2CC(=O)N3CN(c4ccc(C)c(C)c4)CSC3=C2C#N)ccc1O. The smallest absolute Gasteiger partial charge is 0.229 e. The van der Waals surface area contributed by atoms with Gasteiger partial charge in [0.25, 0.3) is 0 Å². The van der Waals surface area contributed by atoms with Gasteiger partial charge in [-0.2, -0.15) is 5.26 Å². The summed E-state index contributed by atoms with van der Waals surface area (Å²) in [6.45, 7) is 4.59. The highest BCUT2D eigenvalue weighted by Gasteiger charge is 2.38. The van der Waals surface area contributed by atoms with E-state index >= 15 is 0 Å². The Morgan fingerprint density at radius 3 is 2.70 bits per heavy atom. The standard InChI is InChI=1S/C23H23N3O3S/c1-14-4-6-17(8-15(14)2)25-12-26-22(28)10-18(19(11-24)23(26)30-13-25)16-5-7-20(27)21(9-16)29-3/h4-9,18,27H,10,12-13H2,1-3H3/t18-/m0/s1. The van der Waals surface area contributed by atoms with Crippen molar-refractivity contribution < 1.29 is 14.6 Å². The number of rotatable bonds is 3. The zero-order chi connectivity index (χ0) is 21.4. The van der Waals surface area contributed by atoms with Gasteiger partial charge >= 0.3 is 0 Å². The van der Waals surface area contributed by atoms with E-state index in [2.05, 4.69) is 43.0 Å². The highest BCUT2D eigenvalue weighted by Crippen LogP contribution is 2.44. The first-order valence-corrected chi connectivity index (χ1v) is 10.7. The first kappa shape index (κ1) is 20.2. The maximum absolute atomic E-state index is 13.1. The van der Waals surface area contributed by atoms with Gasteiger partial charge in [0.2, 0.25) is 5.91 Å². The van der Waals surface area contributed by atoms with Gasteiger partial charge < -0.3 is 14.7 Å². The molecule has 1 saturated heterocycles. The maximum atomic E-state index is 13.1. The molecule has 1 fully saturated rings. The molecule has 2 aromatic carbocycles. The van der Waals surface area contributed by atoms with Crippen LogP contribution in [0.15, 0.2) is 47.0 Å². The Morgan fingerprint density at radius 1 is 1.20 bits per heavy atom. The van der Waals surface area contributed by atoms with Crippen LogP contribution in [0.1, 0.15) is 29.0 Å². The van der Waals surface area contributed by atoms with Gasteiger partial charge in [0.05, 0.1) is 36.3 Å². The molecule has 1 N–H and O–H groups in total. The second-order valence-electron chi connectivity index (χ2n) is 7.56. The van der Waals surface area contributed by atoms with Crippen molar-refractivity contribution in [2.45, 2.75) is 26.2 Å². The molecule has 0 unspecified atom stereocenters. The summed E-state index contributed by atoms with van der Waals surface area (Å²) in [5.41, 5.74) is 4.90. The van der Waals surface area contributed by atoms with Gasteiger partial charge in [0, 0.05) is 18.0 Å². The lowest BCUT2D eigenvalue weighted by molar-refractivity contribution is -0.129. The predicted octanol–water partition coefficient (Wildman–Crippen LogP) is 4.24. The zero-order valence-electron chi connectivity index (χ0n) is 17.2. The molecule has 0 saturated carbocycles. The van der Waals surface area contributed by atoms with Gasteiger partial charge in [0.1, 0.15) is 0 Å². The molecule has 4 rings (SSSR count). The Hall–Kier alpha value is -3.11. The highest BCUT2D eigenvalue weighted by molar-refractivity contribution is 8.03. The molecule has 1 atom stereocenters. The fourth-order valence-electron chi connectivity index (χ4n) is 3.84. The Kier molecular flexibility index (Phi) is 5.35. The number of aryl methyl sites for hydroxylation is 2. The summed E-state index contributed by atoms with van der Waals surface area (Å²) in [5.74, 6) is 0.679. The van der Waals surface area contributed by atoms with Crippen LogP contribution in [0.2, 0.25) is 0 Å². The number of carbonyl (C=O) groups excluding carboxylic acids is 1. The lowest BCUT2D eigenvalue weighted by Gasteiger charge is -2.42. The number of aromatic hydroxyl groups is 1. The number of phenols is 1. The number of benzene rings is 2. The van der Waals surface area contributed by atoms with Crippen LogP contribution in [0.4, 0.5) is 5.69 Å². The van der Waals surface area contributed by atoms with Crippen molar-refractivity contribution in [2.24, 2.45) is 0 Å². The van der Waals surface area contributed by atoms with Gasteiger partial charge in [-0.25, -0.2) is 0 Å². The quantitative estimate of drug-likeness (QED) is 0.799. The molecular formula is C23H23N3O3S. The van der Waals surface area contributed by atoms with E-state index in [4.69, 9.17) is 4.74 Å². The summed E-state index contributed by atoms with van der Waals surface area (Å²) >= 11 is 1.52. The minimum Gasteiger partial charge on any atom is -0.504 e. The molecule has 7 heteroatoms. The van der Waals surface area contributed by atoms with E-state index in [1.807, 2.05) is 0 Å². The minimum absolute atomic E-state index is 0.0120. The van der Waals surface area contributed by atoms with Gasteiger partial charge in [-0.3, -0.25) is 9.69 Å². The molecule has 0 aromatic heterocycles. The van der Waals surface area contributed by atoms with E-state index in [0.717, 1.165) is 16.3 Å². The van der Waals surface area contributed by atoms with Crippen LogP contribution >= 0.6 is 11.8 Å². The van der Waals surface area contributed by atoms with Crippen molar-refractivity contribution in [3.05, 3.63) is 63.7 Å². The van der Waals surface area contributed by atoms with Gasteiger partial charge in [-0.1, -0.05) is 23.9 Å². The average Bonchev–Trinajstić information content (AvgIpc) is 2.75. The molecule has 2 aliphatic heterocycles. The number of nitriles is 1. The van der Waals surface area contributed by atoms with Crippen LogP contribution < -0.4 is 9.64 Å². The summed E-state index contributed by atoms with van der Waals surface area (Å²) in [7, 11) is 1.48. The molecule has 1 amide bonds. The Labute approximate surface area is 180 Å². The molecule has 2 heterocycles. The molecule has 2 aliphatic rings. The van der Waals surface area contributed by atoms with E-state index in [0.29, 0.717) is 23.9 Å². The molecule has 2 aromatic rings. The van der Waals surface area contributed by atoms with Crippen molar-refractivity contribution in [2.75, 3.05) is 24.6 Å². The van der Waals surface area contributed by atoms with Crippen molar-refractivity contribution in [3.63, 3.8) is 0 Å². The maximum Gasteiger partial charge on any atom is 0.229 e. The Balaban J connectivity index is 1.67. The monoisotopic (exact) mass is 421 g/mol. The minimum atomic E-state index is -0.344. The Morgan fingerprint density at radius 2 is 2.00 bits per heavy atom. The van der Waals surface area contributed by atoms with E-state index in [1.165, 1.54) is 30.0 Å². The molecule has 30 heavy (non-hydrogen) atoms. The molecular weight excluding hydrogens is 398 g/mol. The van der Waals surface area contributed by atoms with E-state index in [9.17, 15) is 15.2 Å². The zero-order valence-corrected chi connectivity index (χ0v) is 18.0. The number of nitrogens with zero attached hydrogens (tertiary/aromatic N) is 3. The largest absolute Gasteiger partial charge is 0.504 e. The number of thioether (sulfide) groups is 1. The summed E-state index contributed by atoms with van der Waals surface area (Å²) in [6.07, 6.45) is 0.210. The van der Waals surface area contributed by atoms with Crippen LogP contribution in [0.3, 0.4) is 0 Å². The molecule has 0 aliphatic carbocycles. The predicted molar refractivity (Wildman–Crippen MR) is 117 cm³/mol. The van der Waals surface area contributed by atoms with E-state index in [-0.39, 0.29) is 24.0 Å². The van der Waals surface area contributed by atoms with Crippen molar-refractivity contribution in [3.8, 4) is 17.6 Å². The van der Waals surface area contributed by atoms with E-state index in [1.54, 1.807) is 23.1 Å². The van der Waals surface area contributed by atoms with Crippen molar-refractivity contribution in [1.29, 1.82) is 5.26 Å². The number of carbonyl (C=O) groups is 1. The second-order valence-corrected chi connectivity index (χ2v) is 8.50. The van der Waals surface area contributed by atoms with Crippen LogP contribution in [0.5, 0.6) is 11.5 Å². The number of methoxy groups -OCH3 is 1. The number of allylic oxidation sites excluding steroid dienone is 1. The summed E-state index contributed by atoms with van der Waals surface area (Å²) < 4.78 is 5.20. The molecule has 6 nitrogen and oxygen atoms in total. The number of fused-ring (bicyclic) bond motifs is 1. The first-order chi connectivity index (χ1) is 14.4. The molecule has 0 bridgehead atoms. The van der Waals surface area contributed by atoms with Crippen LogP contribution in [-0.4, -0.2) is 35.6 Å². The summed E-state index contributed by atoms with van der Waals surface area (Å²) in [5, 5.41) is 20.5. The second kappa shape index (κ2) is 7.96. The number of phenolic OH excluding ortho intramolecular Hbond substituents is 1. The van der Waals surface area contributed by atoms with Gasteiger partial charge in [0.15, 0.2) is 11.5 Å². The van der Waals surface area contributed by atoms with Crippen molar-refractivity contribution >= 4 is 23.4 Å². The van der Waals surface area contributed by atoms with Crippen LogP contribution in [0.25, 0.3) is 0 Å². The topological polar surface area (TPSA) is 76.8 Å². The summed E-state index contributed by atoms with van der Waals surface area (Å²) in [6, 6.07) is 13.6. The lowest BCUT2D eigenvalue weighted by atomic mass is 9.86. The third kappa shape index (κ3) is 3.48. The fourth-order valence-corrected chi connectivity index (χ4v) is 5.01. The van der Waals surface area contributed by atoms with Gasteiger partial charge in [-0.05, 0) is 54.8 Å². The summed E-state index contributed by atoms with van der Waals surface area (Å²) in [4.78, 5) is 16.9. The van der Waals surface area contributed by atoms with Gasteiger partial charge in [-0.15, -0.1) is 0 Å². The fraction of sp³-hybridized carbons (Fsp3) is 0.304. The first-order valence-electron chi connectivity index (χ1n) is 9.69. The normalized spacial score (nSPS) is 18.9.